The SMILES string of the molecule is COCC(C)N1C(=O)C(C)NC(=O)C1C. The van der Waals surface area contributed by atoms with Crippen LogP contribution in [0.1, 0.15) is 20.8 Å². The lowest BCUT2D eigenvalue weighted by Gasteiger charge is -2.39. The van der Waals surface area contributed by atoms with Crippen LogP contribution in [0, 0.1) is 0 Å². The van der Waals surface area contributed by atoms with Crippen LogP contribution in [0.25, 0.3) is 0 Å². The number of rotatable bonds is 3. The number of carbonyl (C=O) groups is 2. The molecule has 1 N–H and O–H groups in total. The second kappa shape index (κ2) is 4.61. The zero-order valence-electron chi connectivity index (χ0n) is 9.61. The van der Waals surface area contributed by atoms with Crippen molar-refractivity contribution in [1.29, 1.82) is 0 Å². The van der Waals surface area contributed by atoms with Crippen molar-refractivity contribution in [2.24, 2.45) is 0 Å². The molecule has 1 saturated heterocycles. The van der Waals surface area contributed by atoms with E-state index < -0.39 is 12.1 Å². The van der Waals surface area contributed by atoms with Gasteiger partial charge >= 0.3 is 0 Å². The van der Waals surface area contributed by atoms with Crippen molar-refractivity contribution < 1.29 is 14.3 Å². The molecule has 0 bridgehead atoms. The molecule has 0 radical (unpaired) electrons. The lowest BCUT2D eigenvalue weighted by Crippen LogP contribution is -2.64. The topological polar surface area (TPSA) is 58.6 Å². The summed E-state index contributed by atoms with van der Waals surface area (Å²) in [6.07, 6.45) is 0. The number of piperazine rings is 1. The molecule has 1 fully saturated rings. The van der Waals surface area contributed by atoms with E-state index in [9.17, 15) is 9.59 Å². The Labute approximate surface area is 89.8 Å². The third-order valence-corrected chi connectivity index (χ3v) is 2.66. The first-order chi connectivity index (χ1) is 6.99. The summed E-state index contributed by atoms with van der Waals surface area (Å²) in [5.74, 6) is -0.156. The molecule has 1 rings (SSSR count). The molecule has 86 valence electrons. The lowest BCUT2D eigenvalue weighted by atomic mass is 10.1. The molecule has 0 aliphatic carbocycles. The minimum atomic E-state index is -0.437. The van der Waals surface area contributed by atoms with Gasteiger partial charge in [0.25, 0.3) is 0 Å². The number of carbonyl (C=O) groups excluding carboxylic acids is 2. The van der Waals surface area contributed by atoms with Gasteiger partial charge in [-0.15, -0.1) is 0 Å². The molecule has 1 aliphatic rings. The van der Waals surface area contributed by atoms with E-state index >= 15 is 0 Å². The Bertz CT molecular complexity index is 267. The van der Waals surface area contributed by atoms with Crippen LogP contribution in [-0.2, 0) is 14.3 Å². The van der Waals surface area contributed by atoms with E-state index in [0.29, 0.717) is 6.61 Å². The Hall–Kier alpha value is -1.10. The molecule has 3 unspecified atom stereocenters. The van der Waals surface area contributed by atoms with Crippen LogP contribution >= 0.6 is 0 Å². The van der Waals surface area contributed by atoms with Crippen molar-refractivity contribution in [1.82, 2.24) is 10.2 Å². The minimum absolute atomic E-state index is 0.0494. The summed E-state index contributed by atoms with van der Waals surface area (Å²) in [5, 5.41) is 2.63. The number of ether oxygens (including phenoxy) is 1. The average Bonchev–Trinajstić information content (AvgIpc) is 2.16. The van der Waals surface area contributed by atoms with Gasteiger partial charge in [-0.25, -0.2) is 0 Å². The lowest BCUT2D eigenvalue weighted by molar-refractivity contribution is -0.151. The fourth-order valence-electron chi connectivity index (χ4n) is 1.86. The van der Waals surface area contributed by atoms with Crippen LogP contribution in [0.4, 0.5) is 0 Å². The smallest absolute Gasteiger partial charge is 0.245 e. The van der Waals surface area contributed by atoms with E-state index in [1.54, 1.807) is 25.9 Å². The third kappa shape index (κ3) is 2.28. The van der Waals surface area contributed by atoms with Crippen LogP contribution in [0.5, 0.6) is 0 Å². The van der Waals surface area contributed by atoms with Gasteiger partial charge in [-0.2, -0.15) is 0 Å². The number of methoxy groups -OCH3 is 1. The second-order valence-electron chi connectivity index (χ2n) is 3.96. The first-order valence-electron chi connectivity index (χ1n) is 5.10. The number of nitrogens with one attached hydrogen (secondary N) is 1. The predicted molar refractivity (Wildman–Crippen MR) is 55.3 cm³/mol. The maximum absolute atomic E-state index is 11.9. The van der Waals surface area contributed by atoms with Crippen LogP contribution in [0.15, 0.2) is 0 Å². The number of amides is 2. The standard InChI is InChI=1S/C10H18N2O3/c1-6(5-15-4)12-8(3)9(13)11-7(2)10(12)14/h6-8H,5H2,1-4H3,(H,11,13). The quantitative estimate of drug-likeness (QED) is 0.705. The zero-order chi connectivity index (χ0) is 11.6. The fourth-order valence-corrected chi connectivity index (χ4v) is 1.86. The highest BCUT2D eigenvalue weighted by Gasteiger charge is 2.38. The Morgan fingerprint density at radius 1 is 1.47 bits per heavy atom. The summed E-state index contributed by atoms with van der Waals surface area (Å²) >= 11 is 0. The molecule has 2 amide bonds. The first-order valence-corrected chi connectivity index (χ1v) is 5.10. The molecule has 0 aromatic carbocycles. The van der Waals surface area contributed by atoms with Crippen molar-refractivity contribution >= 4 is 11.8 Å². The van der Waals surface area contributed by atoms with Crippen LogP contribution in [0.2, 0.25) is 0 Å². The molecular weight excluding hydrogens is 196 g/mol. The van der Waals surface area contributed by atoms with Gasteiger partial charge in [0.05, 0.1) is 12.6 Å². The third-order valence-electron chi connectivity index (χ3n) is 2.66. The van der Waals surface area contributed by atoms with Gasteiger partial charge in [-0.3, -0.25) is 9.59 Å². The largest absolute Gasteiger partial charge is 0.383 e. The van der Waals surface area contributed by atoms with Crippen LogP contribution in [0.3, 0.4) is 0 Å². The summed E-state index contributed by atoms with van der Waals surface area (Å²) in [4.78, 5) is 25.0. The van der Waals surface area contributed by atoms with E-state index in [-0.39, 0.29) is 17.9 Å². The normalized spacial score (nSPS) is 28.9. The summed E-state index contributed by atoms with van der Waals surface area (Å²) in [6, 6.07) is -0.933. The number of hydrogen-bond acceptors (Lipinski definition) is 3. The molecule has 5 nitrogen and oxygen atoms in total. The predicted octanol–water partition coefficient (Wildman–Crippen LogP) is -0.243. The Morgan fingerprint density at radius 2 is 2.07 bits per heavy atom. The van der Waals surface area contributed by atoms with Crippen molar-refractivity contribution in [3.05, 3.63) is 0 Å². The summed E-state index contributed by atoms with van der Waals surface area (Å²) in [5.41, 5.74) is 0. The monoisotopic (exact) mass is 214 g/mol. The highest BCUT2D eigenvalue weighted by molar-refractivity contribution is 5.96. The van der Waals surface area contributed by atoms with Crippen molar-refractivity contribution in [3.8, 4) is 0 Å². The Kier molecular flexibility index (Phi) is 3.68. The van der Waals surface area contributed by atoms with E-state index in [4.69, 9.17) is 4.74 Å². The van der Waals surface area contributed by atoms with Crippen molar-refractivity contribution in [2.45, 2.75) is 38.9 Å². The maximum Gasteiger partial charge on any atom is 0.245 e. The van der Waals surface area contributed by atoms with Gasteiger partial charge in [0.15, 0.2) is 0 Å². The van der Waals surface area contributed by atoms with E-state index in [2.05, 4.69) is 5.32 Å². The van der Waals surface area contributed by atoms with Gasteiger partial charge in [-0.1, -0.05) is 0 Å². The van der Waals surface area contributed by atoms with Gasteiger partial charge in [0.1, 0.15) is 12.1 Å². The maximum atomic E-state index is 11.9. The highest BCUT2D eigenvalue weighted by atomic mass is 16.5. The van der Waals surface area contributed by atoms with Gasteiger partial charge in [0, 0.05) is 7.11 Å². The Balaban J connectivity index is 2.81. The van der Waals surface area contributed by atoms with Gasteiger partial charge < -0.3 is 15.0 Å². The second-order valence-corrected chi connectivity index (χ2v) is 3.96. The molecule has 1 heterocycles. The molecule has 0 aromatic heterocycles. The zero-order valence-corrected chi connectivity index (χ0v) is 9.61. The molecule has 5 heteroatoms. The first kappa shape index (κ1) is 12.0. The molecule has 1 aliphatic heterocycles. The average molecular weight is 214 g/mol. The van der Waals surface area contributed by atoms with Crippen LogP contribution < -0.4 is 5.32 Å². The fraction of sp³-hybridized carbons (Fsp3) is 0.800. The molecule has 0 saturated carbocycles. The minimum Gasteiger partial charge on any atom is -0.383 e. The van der Waals surface area contributed by atoms with Crippen molar-refractivity contribution in [2.75, 3.05) is 13.7 Å². The molecule has 15 heavy (non-hydrogen) atoms. The molecule has 0 spiro atoms. The van der Waals surface area contributed by atoms with Gasteiger partial charge in [-0.05, 0) is 20.8 Å². The molecule has 3 atom stereocenters. The van der Waals surface area contributed by atoms with Crippen LogP contribution in [-0.4, -0.2) is 48.6 Å². The van der Waals surface area contributed by atoms with Gasteiger partial charge in [0.2, 0.25) is 11.8 Å². The number of nitrogens with zero attached hydrogens (tertiary/aromatic N) is 1. The summed E-state index contributed by atoms with van der Waals surface area (Å²) < 4.78 is 5.00. The Morgan fingerprint density at radius 3 is 2.60 bits per heavy atom. The van der Waals surface area contributed by atoms with E-state index in [0.717, 1.165) is 0 Å². The number of hydrogen-bond donors (Lipinski definition) is 1. The molecular formula is C10H18N2O3. The van der Waals surface area contributed by atoms with E-state index in [1.165, 1.54) is 0 Å². The molecule has 0 aromatic rings. The summed E-state index contributed by atoms with van der Waals surface area (Å²) in [7, 11) is 1.58. The van der Waals surface area contributed by atoms with Crippen molar-refractivity contribution in [3.63, 3.8) is 0 Å². The highest BCUT2D eigenvalue weighted by Crippen LogP contribution is 2.13. The van der Waals surface area contributed by atoms with E-state index in [1.807, 2.05) is 6.92 Å². The summed E-state index contributed by atoms with van der Waals surface area (Å²) in [6.45, 7) is 5.74.